The molecule has 142 valence electrons. The van der Waals surface area contributed by atoms with Crippen molar-refractivity contribution < 1.29 is 16.8 Å². The van der Waals surface area contributed by atoms with Gasteiger partial charge in [-0.2, -0.15) is 12.7 Å². The van der Waals surface area contributed by atoms with E-state index in [1.165, 1.54) is 32.4 Å². The van der Waals surface area contributed by atoms with E-state index in [4.69, 9.17) is 5.14 Å². The van der Waals surface area contributed by atoms with Crippen molar-refractivity contribution in [2.45, 2.75) is 11.3 Å². The molecule has 0 atom stereocenters. The fourth-order valence-electron chi connectivity index (χ4n) is 1.98. The highest BCUT2D eigenvalue weighted by atomic mass is 32.2. The van der Waals surface area contributed by atoms with Crippen LogP contribution in [0.1, 0.15) is 5.56 Å². The lowest BCUT2D eigenvalue weighted by molar-refractivity contribution is 0.526. The highest BCUT2D eigenvalue weighted by molar-refractivity contribution is 7.90. The number of aromatic nitrogens is 1. The van der Waals surface area contributed by atoms with E-state index in [1.807, 2.05) is 0 Å². The molecule has 0 fully saturated rings. The van der Waals surface area contributed by atoms with E-state index in [-0.39, 0.29) is 10.7 Å². The summed E-state index contributed by atoms with van der Waals surface area (Å²) in [5, 5.41) is 8.22. The molecule has 1 aromatic heterocycles. The number of primary sulfonamides is 1. The van der Waals surface area contributed by atoms with Crippen molar-refractivity contribution in [3.05, 3.63) is 48.2 Å². The van der Waals surface area contributed by atoms with Crippen LogP contribution in [-0.4, -0.2) is 46.8 Å². The van der Waals surface area contributed by atoms with E-state index in [9.17, 15) is 16.8 Å². The molecule has 1 heterocycles. The third-order valence-electron chi connectivity index (χ3n) is 3.47. The molecule has 0 radical (unpaired) electrons. The molecule has 0 amide bonds. The third-order valence-corrected chi connectivity index (χ3v) is 5.83. The van der Waals surface area contributed by atoms with Crippen molar-refractivity contribution >= 4 is 31.7 Å². The number of hydrogen-bond donors (Lipinski definition) is 3. The van der Waals surface area contributed by atoms with Gasteiger partial charge in [0.2, 0.25) is 10.0 Å². The first-order valence-corrected chi connectivity index (χ1v) is 10.6. The largest absolute Gasteiger partial charge is 0.383 e. The number of hydrogen-bond acceptors (Lipinski definition) is 6. The topological polar surface area (TPSA) is 134 Å². The number of nitrogens with one attached hydrogen (secondary N) is 2. The number of pyridine rings is 1. The van der Waals surface area contributed by atoms with Gasteiger partial charge in [-0.05, 0) is 36.2 Å². The van der Waals surface area contributed by atoms with Gasteiger partial charge in [-0.1, -0.05) is 12.1 Å². The third kappa shape index (κ3) is 5.66. The lowest BCUT2D eigenvalue weighted by Gasteiger charge is -2.13. The van der Waals surface area contributed by atoms with Gasteiger partial charge in [0.15, 0.2) is 0 Å². The summed E-state index contributed by atoms with van der Waals surface area (Å²) in [5.41, 5.74) is 1.69. The van der Waals surface area contributed by atoms with Crippen LogP contribution in [0.5, 0.6) is 0 Å². The number of nitrogens with two attached hydrogens (primary N) is 1. The monoisotopic (exact) mass is 399 g/mol. The van der Waals surface area contributed by atoms with Crippen molar-refractivity contribution in [3.63, 3.8) is 0 Å². The maximum Gasteiger partial charge on any atom is 0.302 e. The predicted octanol–water partition coefficient (Wildman–Crippen LogP) is 0.602. The van der Waals surface area contributed by atoms with E-state index < -0.39 is 20.2 Å². The predicted molar refractivity (Wildman–Crippen MR) is 100 cm³/mol. The number of nitrogens with zero attached hydrogens (tertiary/aromatic N) is 2. The summed E-state index contributed by atoms with van der Waals surface area (Å²) in [6, 6.07) is 9.63. The Balaban J connectivity index is 1.88. The lowest BCUT2D eigenvalue weighted by Crippen LogP contribution is -2.29. The Kier molecular flexibility index (Phi) is 6.18. The smallest absolute Gasteiger partial charge is 0.302 e. The second-order valence-corrected chi connectivity index (χ2v) is 9.13. The average Bonchev–Trinajstić information content (AvgIpc) is 2.56. The van der Waals surface area contributed by atoms with Crippen molar-refractivity contribution in [2.24, 2.45) is 5.14 Å². The van der Waals surface area contributed by atoms with Gasteiger partial charge in [0.05, 0.1) is 16.8 Å². The van der Waals surface area contributed by atoms with Gasteiger partial charge in [0.1, 0.15) is 5.82 Å². The summed E-state index contributed by atoms with van der Waals surface area (Å²) in [5.74, 6) is 0.225. The molecule has 0 unspecified atom stereocenters. The summed E-state index contributed by atoms with van der Waals surface area (Å²) < 4.78 is 49.2. The Morgan fingerprint density at radius 2 is 1.69 bits per heavy atom. The Bertz CT molecular complexity index is 941. The molecular weight excluding hydrogens is 378 g/mol. The van der Waals surface area contributed by atoms with E-state index in [2.05, 4.69) is 15.0 Å². The van der Waals surface area contributed by atoms with Crippen molar-refractivity contribution in [3.8, 4) is 0 Å². The molecule has 0 aliphatic heterocycles. The van der Waals surface area contributed by atoms with E-state index >= 15 is 0 Å². The van der Waals surface area contributed by atoms with Gasteiger partial charge < -0.3 is 5.32 Å². The Labute approximate surface area is 153 Å². The van der Waals surface area contributed by atoms with Crippen LogP contribution in [0.3, 0.4) is 0 Å². The lowest BCUT2D eigenvalue weighted by atomic mass is 10.1. The average molecular weight is 399 g/mol. The summed E-state index contributed by atoms with van der Waals surface area (Å²) >= 11 is 0. The van der Waals surface area contributed by atoms with Crippen LogP contribution in [0.15, 0.2) is 47.5 Å². The molecule has 0 aliphatic rings. The van der Waals surface area contributed by atoms with Gasteiger partial charge in [0.25, 0.3) is 0 Å². The van der Waals surface area contributed by atoms with Crippen molar-refractivity contribution in [1.29, 1.82) is 0 Å². The quantitative estimate of drug-likeness (QED) is 0.595. The summed E-state index contributed by atoms with van der Waals surface area (Å²) in [6.07, 6.45) is 2.19. The molecule has 26 heavy (non-hydrogen) atoms. The molecule has 0 saturated carbocycles. The Hall–Kier alpha value is -2.21. The number of rotatable bonds is 8. The number of benzene rings is 1. The molecule has 11 heteroatoms. The van der Waals surface area contributed by atoms with E-state index in [0.717, 1.165) is 15.6 Å². The Morgan fingerprint density at radius 3 is 2.19 bits per heavy atom. The van der Waals surface area contributed by atoms with Crippen molar-refractivity contribution in [2.75, 3.05) is 30.7 Å². The van der Waals surface area contributed by atoms with Crippen LogP contribution in [0.25, 0.3) is 0 Å². The van der Waals surface area contributed by atoms with Crippen LogP contribution in [0.2, 0.25) is 0 Å². The Morgan fingerprint density at radius 1 is 1.04 bits per heavy atom. The molecule has 0 saturated heterocycles. The molecule has 0 aliphatic carbocycles. The fourth-order valence-corrected chi connectivity index (χ4v) is 3.06. The molecule has 2 rings (SSSR count). The first kappa shape index (κ1) is 20.1. The number of sulfonamides is 1. The minimum Gasteiger partial charge on any atom is -0.383 e. The fraction of sp³-hybridized carbons (Fsp3) is 0.267. The second kappa shape index (κ2) is 7.99. The minimum atomic E-state index is -3.68. The van der Waals surface area contributed by atoms with E-state index in [1.54, 1.807) is 24.3 Å². The first-order chi connectivity index (χ1) is 12.1. The summed E-state index contributed by atoms with van der Waals surface area (Å²) in [7, 11) is -4.42. The highest BCUT2D eigenvalue weighted by Crippen LogP contribution is 2.13. The van der Waals surface area contributed by atoms with Crippen molar-refractivity contribution in [1.82, 2.24) is 9.29 Å². The molecule has 9 nitrogen and oxygen atoms in total. The van der Waals surface area contributed by atoms with Crippen LogP contribution < -0.4 is 15.2 Å². The van der Waals surface area contributed by atoms with E-state index in [0.29, 0.717) is 13.0 Å². The zero-order chi connectivity index (χ0) is 19.4. The summed E-state index contributed by atoms with van der Waals surface area (Å²) in [4.78, 5) is 4.13. The van der Waals surface area contributed by atoms with Gasteiger partial charge in [0, 0.05) is 20.6 Å². The van der Waals surface area contributed by atoms with Crippen LogP contribution >= 0.6 is 0 Å². The molecule has 1 aromatic carbocycles. The molecule has 0 spiro atoms. The molecule has 0 bridgehead atoms. The van der Waals surface area contributed by atoms with Crippen LogP contribution in [-0.2, 0) is 26.7 Å². The zero-order valence-corrected chi connectivity index (χ0v) is 16.0. The normalized spacial score (nSPS) is 12.2. The molecule has 4 N–H and O–H groups in total. The van der Waals surface area contributed by atoms with Crippen LogP contribution in [0, 0.1) is 0 Å². The van der Waals surface area contributed by atoms with Gasteiger partial charge >= 0.3 is 10.2 Å². The van der Waals surface area contributed by atoms with Gasteiger partial charge in [-0.25, -0.2) is 18.5 Å². The molecular formula is C15H21N5O4S2. The maximum atomic E-state index is 11.7. The highest BCUT2D eigenvalue weighted by Gasteiger charge is 2.13. The molecule has 2 aromatic rings. The van der Waals surface area contributed by atoms with Gasteiger partial charge in [-0.15, -0.1) is 0 Å². The SMILES string of the molecule is CN(C)S(=O)(=O)Nc1ccc(NCCc2ccc(S(N)(=O)=O)cc2)cn1. The standard InChI is InChI=1S/C15H21N5O4S2/c1-20(2)26(23,24)19-15-8-5-13(11-18-15)17-10-9-12-3-6-14(7-4-12)25(16,21)22/h3-8,11,17H,9-10H2,1-2H3,(H,18,19)(H2,16,21,22). The van der Waals surface area contributed by atoms with Crippen LogP contribution in [0.4, 0.5) is 11.5 Å². The zero-order valence-electron chi connectivity index (χ0n) is 14.4. The number of anilines is 2. The first-order valence-electron chi connectivity index (χ1n) is 7.60. The van der Waals surface area contributed by atoms with Gasteiger partial charge in [-0.3, -0.25) is 4.72 Å². The maximum absolute atomic E-state index is 11.7. The summed E-state index contributed by atoms with van der Waals surface area (Å²) in [6.45, 7) is 0.596. The minimum absolute atomic E-state index is 0.0779. The second-order valence-electron chi connectivity index (χ2n) is 5.69.